The minimum Gasteiger partial charge on any atom is -0.345 e. The number of hydrogen-bond acceptors (Lipinski definition) is 6. The first kappa shape index (κ1) is 18.4. The molecule has 0 saturated heterocycles. The van der Waals surface area contributed by atoms with Crippen molar-refractivity contribution in [3.63, 3.8) is 0 Å². The second-order valence-corrected chi connectivity index (χ2v) is 7.66. The zero-order chi connectivity index (χ0) is 19.7. The van der Waals surface area contributed by atoms with E-state index in [9.17, 15) is 0 Å². The standard InChI is InChI=1S/C19H19IN8/c1-10-7-15(11(2)6-13(10)17-21-4-5-22-17)24-19-23-9-14(20)18(26-19)25-16-8-12(3)27-28-16/h4-9H,1-3H3,(H,21,22)(H3,23,24,25,26,27,28). The van der Waals surface area contributed by atoms with Gasteiger partial charge in [-0.3, -0.25) is 5.10 Å². The Morgan fingerprint density at radius 1 is 1.00 bits per heavy atom. The van der Waals surface area contributed by atoms with Gasteiger partial charge in [-0.1, -0.05) is 0 Å². The molecule has 4 rings (SSSR count). The maximum absolute atomic E-state index is 4.60. The van der Waals surface area contributed by atoms with Crippen LogP contribution in [0.2, 0.25) is 0 Å². The molecule has 28 heavy (non-hydrogen) atoms. The summed E-state index contributed by atoms with van der Waals surface area (Å²) < 4.78 is 0.907. The molecule has 3 aromatic heterocycles. The molecule has 4 N–H and O–H groups in total. The zero-order valence-corrected chi connectivity index (χ0v) is 17.8. The number of halogens is 1. The number of anilines is 4. The number of aryl methyl sites for hydroxylation is 3. The van der Waals surface area contributed by atoms with Crippen LogP contribution in [0.5, 0.6) is 0 Å². The van der Waals surface area contributed by atoms with E-state index >= 15 is 0 Å². The molecule has 1 aromatic carbocycles. The Kier molecular flexibility index (Phi) is 4.99. The van der Waals surface area contributed by atoms with Gasteiger partial charge < -0.3 is 15.6 Å². The van der Waals surface area contributed by atoms with E-state index in [0.29, 0.717) is 11.8 Å². The highest BCUT2D eigenvalue weighted by Crippen LogP contribution is 2.29. The summed E-state index contributed by atoms with van der Waals surface area (Å²) in [5.41, 5.74) is 5.20. The molecule has 0 radical (unpaired) electrons. The van der Waals surface area contributed by atoms with Gasteiger partial charge in [-0.25, -0.2) is 9.97 Å². The molecule has 3 heterocycles. The monoisotopic (exact) mass is 486 g/mol. The van der Waals surface area contributed by atoms with Crippen LogP contribution in [-0.2, 0) is 0 Å². The van der Waals surface area contributed by atoms with Crippen molar-refractivity contribution in [3.05, 3.63) is 57.2 Å². The van der Waals surface area contributed by atoms with Crippen molar-refractivity contribution in [2.24, 2.45) is 0 Å². The predicted molar refractivity (Wildman–Crippen MR) is 118 cm³/mol. The van der Waals surface area contributed by atoms with E-state index in [1.165, 1.54) is 0 Å². The Balaban J connectivity index is 1.60. The van der Waals surface area contributed by atoms with Gasteiger partial charge in [0.05, 0.1) is 3.57 Å². The summed E-state index contributed by atoms with van der Waals surface area (Å²) in [5, 5.41) is 13.6. The highest BCUT2D eigenvalue weighted by molar-refractivity contribution is 14.1. The van der Waals surface area contributed by atoms with Crippen molar-refractivity contribution in [2.75, 3.05) is 10.6 Å². The normalized spacial score (nSPS) is 10.9. The summed E-state index contributed by atoms with van der Waals surface area (Å²) in [7, 11) is 0. The summed E-state index contributed by atoms with van der Waals surface area (Å²) in [5.74, 6) is 2.79. The highest BCUT2D eigenvalue weighted by Gasteiger charge is 2.11. The van der Waals surface area contributed by atoms with Crippen molar-refractivity contribution >= 4 is 45.9 Å². The number of hydrogen-bond donors (Lipinski definition) is 4. The first-order valence-electron chi connectivity index (χ1n) is 8.69. The number of aromatic amines is 2. The molecular formula is C19H19IN8. The molecule has 0 atom stereocenters. The van der Waals surface area contributed by atoms with Gasteiger partial charge >= 0.3 is 0 Å². The second-order valence-electron chi connectivity index (χ2n) is 6.50. The lowest BCUT2D eigenvalue weighted by atomic mass is 10.0. The Morgan fingerprint density at radius 3 is 2.57 bits per heavy atom. The average Bonchev–Trinajstić information content (AvgIpc) is 3.32. The van der Waals surface area contributed by atoms with E-state index in [1.807, 2.05) is 26.1 Å². The fourth-order valence-electron chi connectivity index (χ4n) is 2.86. The van der Waals surface area contributed by atoms with E-state index in [-0.39, 0.29) is 0 Å². The lowest BCUT2D eigenvalue weighted by Crippen LogP contribution is -2.04. The molecule has 0 amide bonds. The third kappa shape index (κ3) is 3.84. The molecule has 8 nitrogen and oxygen atoms in total. The van der Waals surface area contributed by atoms with Crippen LogP contribution >= 0.6 is 22.6 Å². The van der Waals surface area contributed by atoms with Gasteiger partial charge in [0.15, 0.2) is 11.6 Å². The van der Waals surface area contributed by atoms with E-state index in [1.54, 1.807) is 12.4 Å². The molecule has 0 fully saturated rings. The first-order valence-corrected chi connectivity index (χ1v) is 9.77. The van der Waals surface area contributed by atoms with Crippen molar-refractivity contribution in [1.82, 2.24) is 30.1 Å². The van der Waals surface area contributed by atoms with Crippen molar-refractivity contribution in [3.8, 4) is 11.4 Å². The van der Waals surface area contributed by atoms with Crippen molar-refractivity contribution in [2.45, 2.75) is 20.8 Å². The van der Waals surface area contributed by atoms with Crippen LogP contribution in [0.3, 0.4) is 0 Å². The van der Waals surface area contributed by atoms with Gasteiger partial charge in [-0.2, -0.15) is 10.1 Å². The van der Waals surface area contributed by atoms with Crippen LogP contribution in [0, 0.1) is 24.3 Å². The molecule has 4 aromatic rings. The molecule has 0 aliphatic heterocycles. The quantitative estimate of drug-likeness (QED) is 0.307. The fourth-order valence-corrected chi connectivity index (χ4v) is 3.25. The van der Waals surface area contributed by atoms with E-state index in [0.717, 1.165) is 43.3 Å². The molecule has 0 unspecified atom stereocenters. The predicted octanol–water partition coefficient (Wildman–Crippen LogP) is 4.61. The number of aromatic nitrogens is 6. The number of imidazole rings is 1. The van der Waals surface area contributed by atoms with Crippen LogP contribution in [0.4, 0.5) is 23.3 Å². The van der Waals surface area contributed by atoms with Crippen LogP contribution in [0.15, 0.2) is 36.8 Å². The first-order chi connectivity index (χ1) is 13.5. The number of nitrogens with one attached hydrogen (secondary N) is 4. The van der Waals surface area contributed by atoms with Gasteiger partial charge in [0, 0.05) is 41.6 Å². The van der Waals surface area contributed by atoms with Gasteiger partial charge in [0.2, 0.25) is 5.95 Å². The zero-order valence-electron chi connectivity index (χ0n) is 15.6. The second kappa shape index (κ2) is 7.58. The molecule has 0 aliphatic rings. The molecule has 142 valence electrons. The Bertz CT molecular complexity index is 1120. The third-order valence-electron chi connectivity index (χ3n) is 4.27. The molecule has 0 saturated carbocycles. The van der Waals surface area contributed by atoms with Gasteiger partial charge in [-0.05, 0) is 66.6 Å². The van der Waals surface area contributed by atoms with Crippen molar-refractivity contribution in [1.29, 1.82) is 0 Å². The lowest BCUT2D eigenvalue weighted by Gasteiger charge is -2.13. The van der Waals surface area contributed by atoms with Gasteiger partial charge in [-0.15, -0.1) is 0 Å². The summed E-state index contributed by atoms with van der Waals surface area (Å²) in [6.07, 6.45) is 5.35. The summed E-state index contributed by atoms with van der Waals surface area (Å²) in [6.45, 7) is 6.06. The molecule has 9 heteroatoms. The Labute approximate surface area is 175 Å². The number of benzene rings is 1. The van der Waals surface area contributed by atoms with Crippen LogP contribution < -0.4 is 10.6 Å². The maximum Gasteiger partial charge on any atom is 0.229 e. The maximum atomic E-state index is 4.60. The van der Waals surface area contributed by atoms with E-state index < -0.39 is 0 Å². The highest BCUT2D eigenvalue weighted by atomic mass is 127. The topological polar surface area (TPSA) is 107 Å². The van der Waals surface area contributed by atoms with Crippen LogP contribution in [0.1, 0.15) is 16.8 Å². The van der Waals surface area contributed by atoms with Crippen molar-refractivity contribution < 1.29 is 0 Å². The van der Waals surface area contributed by atoms with Gasteiger partial charge in [0.1, 0.15) is 5.82 Å². The lowest BCUT2D eigenvalue weighted by molar-refractivity contribution is 1.04. The fraction of sp³-hybridized carbons (Fsp3) is 0.158. The average molecular weight is 486 g/mol. The van der Waals surface area contributed by atoms with Gasteiger partial charge in [0.25, 0.3) is 0 Å². The summed E-state index contributed by atoms with van der Waals surface area (Å²) in [4.78, 5) is 16.5. The number of nitrogens with zero attached hydrogens (tertiary/aromatic N) is 4. The largest absolute Gasteiger partial charge is 0.345 e. The third-order valence-corrected chi connectivity index (χ3v) is 5.06. The number of H-pyrrole nitrogens is 2. The summed E-state index contributed by atoms with van der Waals surface area (Å²) in [6, 6.07) is 6.11. The molecule has 0 aliphatic carbocycles. The SMILES string of the molecule is Cc1cc(Nc2nc(Nc3cc(C)c(-c4ncc[nH]4)cc3C)ncc2I)n[nH]1. The van der Waals surface area contributed by atoms with E-state index in [2.05, 4.69) is 82.4 Å². The van der Waals surface area contributed by atoms with Crippen LogP contribution in [0.25, 0.3) is 11.4 Å². The smallest absolute Gasteiger partial charge is 0.229 e. The Morgan fingerprint density at radius 2 is 1.86 bits per heavy atom. The Hall–Kier alpha value is -2.95. The molecular weight excluding hydrogens is 467 g/mol. The molecule has 0 bridgehead atoms. The van der Waals surface area contributed by atoms with E-state index in [4.69, 9.17) is 0 Å². The minimum absolute atomic E-state index is 0.517. The minimum atomic E-state index is 0.517. The summed E-state index contributed by atoms with van der Waals surface area (Å²) >= 11 is 2.20. The number of rotatable bonds is 5. The molecule has 0 spiro atoms. The van der Waals surface area contributed by atoms with Crippen LogP contribution in [-0.4, -0.2) is 30.1 Å².